The summed E-state index contributed by atoms with van der Waals surface area (Å²) in [6.45, 7) is 0.0702. The van der Waals surface area contributed by atoms with Crippen LogP contribution in [0.5, 0.6) is 0 Å². The fraction of sp³-hybridized carbons (Fsp3) is 0.500. The van der Waals surface area contributed by atoms with E-state index in [0.717, 1.165) is 0 Å². The van der Waals surface area contributed by atoms with Gasteiger partial charge in [-0.25, -0.2) is 0 Å². The molecule has 1 fully saturated rings. The summed E-state index contributed by atoms with van der Waals surface area (Å²) in [7, 11) is 0. The molecule has 1 aromatic carbocycles. The molecule has 1 N–H and O–H groups in total. The number of carbonyl (C=O) groups is 2. The molecule has 1 saturated heterocycles. The molecule has 0 aromatic heterocycles. The second kappa shape index (κ2) is 7.88. The zero-order chi connectivity index (χ0) is 17.7. The highest BCUT2D eigenvalue weighted by atomic mass is 35.5. The minimum atomic E-state index is -4.28. The summed E-state index contributed by atoms with van der Waals surface area (Å²) in [6, 6.07) is 6.48. The molecule has 1 aromatic rings. The second-order valence-corrected chi connectivity index (χ2v) is 6.11. The number of rotatable bonds is 4. The van der Waals surface area contributed by atoms with Gasteiger partial charge in [-0.3, -0.25) is 9.59 Å². The van der Waals surface area contributed by atoms with Crippen LogP contribution in [0.15, 0.2) is 24.3 Å². The summed E-state index contributed by atoms with van der Waals surface area (Å²) < 4.78 is 38.3. The lowest BCUT2D eigenvalue weighted by atomic mass is 9.97. The molecule has 8 heteroatoms. The fourth-order valence-corrected chi connectivity index (χ4v) is 2.87. The quantitative estimate of drug-likeness (QED) is 0.893. The molecule has 1 heterocycles. The van der Waals surface area contributed by atoms with Gasteiger partial charge in [0.05, 0.1) is 16.5 Å². The number of hydrogen-bond donors (Lipinski definition) is 1. The number of alkyl halides is 3. The van der Waals surface area contributed by atoms with Crippen LogP contribution in [0.25, 0.3) is 0 Å². The van der Waals surface area contributed by atoms with Crippen molar-refractivity contribution in [1.82, 2.24) is 10.2 Å². The van der Waals surface area contributed by atoms with Gasteiger partial charge in [-0.15, -0.1) is 0 Å². The van der Waals surface area contributed by atoms with E-state index in [9.17, 15) is 22.8 Å². The first-order valence-electron chi connectivity index (χ1n) is 7.66. The molecule has 24 heavy (non-hydrogen) atoms. The summed E-state index contributed by atoms with van der Waals surface area (Å²) in [5, 5.41) is 2.85. The zero-order valence-electron chi connectivity index (χ0n) is 12.9. The SMILES string of the molecule is O=C(NCCC(=O)N1CCC[C@H](C(F)(F)F)C1)c1ccccc1Cl. The number of carbonyl (C=O) groups excluding carboxylic acids is 2. The van der Waals surface area contributed by atoms with Crippen LogP contribution in [0.1, 0.15) is 29.6 Å². The smallest absolute Gasteiger partial charge is 0.351 e. The van der Waals surface area contributed by atoms with Crippen LogP contribution in [0.4, 0.5) is 13.2 Å². The molecule has 1 atom stereocenters. The van der Waals surface area contributed by atoms with E-state index < -0.39 is 18.0 Å². The van der Waals surface area contributed by atoms with Crippen molar-refractivity contribution in [3.63, 3.8) is 0 Å². The predicted octanol–water partition coefficient (Wildman–Crippen LogP) is 3.26. The van der Waals surface area contributed by atoms with Crippen molar-refractivity contribution in [1.29, 1.82) is 0 Å². The van der Waals surface area contributed by atoms with Gasteiger partial charge in [0.25, 0.3) is 5.91 Å². The van der Waals surface area contributed by atoms with Crippen molar-refractivity contribution in [2.45, 2.75) is 25.4 Å². The molecule has 0 unspecified atom stereocenters. The van der Waals surface area contributed by atoms with Crippen LogP contribution in [-0.2, 0) is 4.79 Å². The van der Waals surface area contributed by atoms with Gasteiger partial charge >= 0.3 is 6.18 Å². The van der Waals surface area contributed by atoms with Gasteiger partial charge in [0, 0.05) is 26.1 Å². The van der Waals surface area contributed by atoms with Crippen LogP contribution < -0.4 is 5.32 Å². The maximum Gasteiger partial charge on any atom is 0.393 e. The van der Waals surface area contributed by atoms with Gasteiger partial charge in [0.2, 0.25) is 5.91 Å². The molecule has 0 radical (unpaired) electrons. The summed E-state index contributed by atoms with van der Waals surface area (Å²) in [4.78, 5) is 25.2. The average Bonchev–Trinajstić information content (AvgIpc) is 2.54. The largest absolute Gasteiger partial charge is 0.393 e. The molecule has 132 valence electrons. The van der Waals surface area contributed by atoms with Gasteiger partial charge in [-0.2, -0.15) is 13.2 Å². The average molecular weight is 363 g/mol. The van der Waals surface area contributed by atoms with Crippen molar-refractivity contribution >= 4 is 23.4 Å². The number of nitrogens with zero attached hydrogens (tertiary/aromatic N) is 1. The summed E-state index contributed by atoms with van der Waals surface area (Å²) in [5.74, 6) is -2.27. The van der Waals surface area contributed by atoms with Gasteiger partial charge in [0.1, 0.15) is 0 Å². The molecule has 1 aliphatic rings. The van der Waals surface area contributed by atoms with E-state index in [1.807, 2.05) is 0 Å². The van der Waals surface area contributed by atoms with Crippen LogP contribution >= 0.6 is 11.6 Å². The number of halogens is 4. The Bertz CT molecular complexity index is 607. The van der Waals surface area contributed by atoms with Crippen LogP contribution in [0.2, 0.25) is 5.02 Å². The second-order valence-electron chi connectivity index (χ2n) is 5.71. The number of likely N-dealkylation sites (tertiary alicyclic amines) is 1. The van der Waals surface area contributed by atoms with Crippen molar-refractivity contribution in [2.75, 3.05) is 19.6 Å². The lowest BCUT2D eigenvalue weighted by Crippen LogP contribution is -2.45. The Morgan fingerprint density at radius 3 is 2.67 bits per heavy atom. The maximum atomic E-state index is 12.8. The van der Waals surface area contributed by atoms with Gasteiger partial charge in [-0.1, -0.05) is 23.7 Å². The molecule has 0 spiro atoms. The van der Waals surface area contributed by atoms with Crippen molar-refractivity contribution in [3.05, 3.63) is 34.9 Å². The van der Waals surface area contributed by atoms with Crippen molar-refractivity contribution in [2.24, 2.45) is 5.92 Å². The third-order valence-electron chi connectivity index (χ3n) is 3.98. The molecule has 4 nitrogen and oxygen atoms in total. The van der Waals surface area contributed by atoms with Gasteiger partial charge in [0.15, 0.2) is 0 Å². The van der Waals surface area contributed by atoms with E-state index in [2.05, 4.69) is 5.32 Å². The summed E-state index contributed by atoms with van der Waals surface area (Å²) >= 11 is 5.90. The first kappa shape index (κ1) is 18.6. The summed E-state index contributed by atoms with van der Waals surface area (Å²) in [6.07, 6.45) is -3.93. The third kappa shape index (κ3) is 4.87. The van der Waals surface area contributed by atoms with Crippen LogP contribution in [0, 0.1) is 5.92 Å². The zero-order valence-corrected chi connectivity index (χ0v) is 13.7. The Hall–Kier alpha value is -1.76. The van der Waals surface area contributed by atoms with E-state index in [0.29, 0.717) is 23.6 Å². The topological polar surface area (TPSA) is 49.4 Å². The number of amides is 2. The molecular formula is C16H18ClF3N2O2. The lowest BCUT2D eigenvalue weighted by molar-refractivity contribution is -0.188. The molecule has 0 bridgehead atoms. The fourth-order valence-electron chi connectivity index (χ4n) is 2.65. The van der Waals surface area contributed by atoms with E-state index in [1.165, 1.54) is 4.90 Å². The van der Waals surface area contributed by atoms with Crippen LogP contribution in [0.3, 0.4) is 0 Å². The Morgan fingerprint density at radius 2 is 2.00 bits per heavy atom. The van der Waals surface area contributed by atoms with E-state index in [4.69, 9.17) is 11.6 Å². The molecule has 0 saturated carbocycles. The van der Waals surface area contributed by atoms with E-state index in [-0.39, 0.29) is 31.8 Å². The number of benzene rings is 1. The number of nitrogens with one attached hydrogen (secondary N) is 1. The molecular weight excluding hydrogens is 345 g/mol. The van der Waals surface area contributed by atoms with Crippen molar-refractivity contribution < 1.29 is 22.8 Å². The predicted molar refractivity (Wildman–Crippen MR) is 83.8 cm³/mol. The normalized spacial score (nSPS) is 18.3. The van der Waals surface area contributed by atoms with Gasteiger partial charge in [-0.05, 0) is 25.0 Å². The lowest BCUT2D eigenvalue weighted by Gasteiger charge is -2.33. The first-order valence-corrected chi connectivity index (χ1v) is 8.04. The molecule has 2 rings (SSSR count). The Kier molecular flexibility index (Phi) is 6.10. The first-order chi connectivity index (χ1) is 11.3. The highest BCUT2D eigenvalue weighted by Gasteiger charge is 2.42. The molecule has 1 aliphatic heterocycles. The minimum Gasteiger partial charge on any atom is -0.351 e. The number of piperidine rings is 1. The van der Waals surface area contributed by atoms with Crippen LogP contribution in [-0.4, -0.2) is 42.5 Å². The third-order valence-corrected chi connectivity index (χ3v) is 4.31. The Balaban J connectivity index is 1.81. The highest BCUT2D eigenvalue weighted by Crippen LogP contribution is 2.33. The van der Waals surface area contributed by atoms with Gasteiger partial charge < -0.3 is 10.2 Å². The highest BCUT2D eigenvalue weighted by molar-refractivity contribution is 6.33. The monoisotopic (exact) mass is 362 g/mol. The van der Waals surface area contributed by atoms with Crippen molar-refractivity contribution in [3.8, 4) is 0 Å². The Morgan fingerprint density at radius 1 is 1.29 bits per heavy atom. The maximum absolute atomic E-state index is 12.8. The standard InChI is InChI=1S/C16H18ClF3N2O2/c17-13-6-2-1-5-12(13)15(24)21-8-7-14(23)22-9-3-4-11(10-22)16(18,19)20/h1-2,5-6,11H,3-4,7-10H2,(H,21,24)/t11-/m0/s1. The Labute approximate surface area is 143 Å². The van der Waals surface area contributed by atoms with E-state index in [1.54, 1.807) is 24.3 Å². The minimum absolute atomic E-state index is 0.0409. The van der Waals surface area contributed by atoms with E-state index >= 15 is 0 Å². The molecule has 0 aliphatic carbocycles. The summed E-state index contributed by atoms with van der Waals surface area (Å²) in [5.41, 5.74) is 0.293. The number of hydrogen-bond acceptors (Lipinski definition) is 2. The molecule has 2 amide bonds.